The Morgan fingerprint density at radius 3 is 2.30 bits per heavy atom. The van der Waals surface area contributed by atoms with E-state index >= 15 is 0 Å². The Kier molecular flexibility index (Phi) is 6.33. The van der Waals surface area contributed by atoms with Gasteiger partial charge in [-0.25, -0.2) is 23.1 Å². The molecule has 2 N–H and O–H groups in total. The molecule has 0 fully saturated rings. The van der Waals surface area contributed by atoms with Crippen molar-refractivity contribution < 1.29 is 13.2 Å². The number of sulfonamides is 1. The number of carbonyl (C=O) groups is 1. The van der Waals surface area contributed by atoms with Crippen LogP contribution >= 0.6 is 0 Å². The first kappa shape index (κ1) is 21.0. The van der Waals surface area contributed by atoms with Crippen molar-refractivity contribution in [1.29, 1.82) is 0 Å². The Morgan fingerprint density at radius 2 is 1.74 bits per heavy atom. The van der Waals surface area contributed by atoms with Gasteiger partial charge in [0.15, 0.2) is 0 Å². The van der Waals surface area contributed by atoms with Crippen LogP contribution in [0.15, 0.2) is 35.5 Å². The largest absolute Gasteiger partial charge is 0.323 e. The maximum atomic E-state index is 12.4. The summed E-state index contributed by atoms with van der Waals surface area (Å²) in [6.45, 7) is 9.66. The maximum absolute atomic E-state index is 12.4. The van der Waals surface area contributed by atoms with Crippen LogP contribution in [0.2, 0.25) is 0 Å². The van der Waals surface area contributed by atoms with Crippen LogP contribution in [0, 0.1) is 13.8 Å². The van der Waals surface area contributed by atoms with Gasteiger partial charge in [-0.1, -0.05) is 38.5 Å². The van der Waals surface area contributed by atoms with Crippen LogP contribution in [0.5, 0.6) is 0 Å². The van der Waals surface area contributed by atoms with Crippen LogP contribution in [-0.4, -0.2) is 30.8 Å². The van der Waals surface area contributed by atoms with Gasteiger partial charge in [0.25, 0.3) is 0 Å². The van der Waals surface area contributed by atoms with Crippen molar-refractivity contribution in [2.45, 2.75) is 51.3 Å². The topological polar surface area (TPSA) is 101 Å². The summed E-state index contributed by atoms with van der Waals surface area (Å²) in [4.78, 5) is 20.7. The summed E-state index contributed by atoms with van der Waals surface area (Å²) in [5, 5.41) is 2.67. The number of amides is 1. The first-order chi connectivity index (χ1) is 12.5. The number of nitrogens with zero attached hydrogens (tertiary/aromatic N) is 2. The smallest absolute Gasteiger partial charge is 0.240 e. The maximum Gasteiger partial charge on any atom is 0.240 e. The highest BCUT2D eigenvalue weighted by atomic mass is 32.2. The van der Waals surface area contributed by atoms with Gasteiger partial charge in [0, 0.05) is 18.4 Å². The Hall–Kier alpha value is -2.32. The van der Waals surface area contributed by atoms with Crippen LogP contribution in [0.1, 0.15) is 44.1 Å². The summed E-state index contributed by atoms with van der Waals surface area (Å²) in [6, 6.07) is 5.12. The second-order valence-corrected chi connectivity index (χ2v) is 9.25. The molecule has 0 aliphatic heterocycles. The number of benzene rings is 1. The van der Waals surface area contributed by atoms with Crippen molar-refractivity contribution in [3.8, 4) is 0 Å². The molecule has 0 bridgehead atoms. The molecular formula is C19H26N4O3S. The molecule has 0 atom stereocenters. The number of rotatable bonds is 6. The summed E-state index contributed by atoms with van der Waals surface area (Å²) in [5.41, 5.74) is 1.97. The van der Waals surface area contributed by atoms with Gasteiger partial charge >= 0.3 is 0 Å². The van der Waals surface area contributed by atoms with Gasteiger partial charge in [-0.05, 0) is 25.5 Å². The third kappa shape index (κ3) is 5.83. The molecule has 1 heterocycles. The van der Waals surface area contributed by atoms with E-state index in [9.17, 15) is 13.2 Å². The van der Waals surface area contributed by atoms with Crippen molar-refractivity contribution >= 4 is 21.6 Å². The van der Waals surface area contributed by atoms with E-state index in [0.717, 1.165) is 5.56 Å². The summed E-state index contributed by atoms with van der Waals surface area (Å²) >= 11 is 0. The lowest BCUT2D eigenvalue weighted by Crippen LogP contribution is -2.28. The van der Waals surface area contributed by atoms with Gasteiger partial charge in [-0.2, -0.15) is 0 Å². The predicted molar refractivity (Wildman–Crippen MR) is 105 cm³/mol. The third-order valence-corrected chi connectivity index (χ3v) is 5.49. The quantitative estimate of drug-likeness (QED) is 0.790. The number of nitrogens with one attached hydrogen (secondary N) is 2. The normalized spacial score (nSPS) is 12.0. The predicted octanol–water partition coefficient (Wildman–Crippen LogP) is 2.70. The second-order valence-electron chi connectivity index (χ2n) is 7.51. The highest BCUT2D eigenvalue weighted by Crippen LogP contribution is 2.18. The minimum atomic E-state index is -3.65. The third-order valence-electron chi connectivity index (χ3n) is 3.87. The van der Waals surface area contributed by atoms with E-state index in [2.05, 4.69) is 20.0 Å². The average molecular weight is 391 g/mol. The molecule has 8 heteroatoms. The molecule has 0 saturated carbocycles. The lowest BCUT2D eigenvalue weighted by atomic mass is 9.96. The van der Waals surface area contributed by atoms with E-state index in [1.807, 2.05) is 33.8 Å². The SMILES string of the molecule is Cc1ccc(S(=O)(=O)NCCC(=O)Nc2cnc(C(C)(C)C)nc2)c(C)c1. The van der Waals surface area contributed by atoms with Crippen LogP contribution < -0.4 is 10.0 Å². The number of hydrogen-bond acceptors (Lipinski definition) is 5. The van der Waals surface area contributed by atoms with Crippen molar-refractivity contribution in [1.82, 2.24) is 14.7 Å². The first-order valence-corrected chi connectivity index (χ1v) is 10.2. The summed E-state index contributed by atoms with van der Waals surface area (Å²) in [6.07, 6.45) is 3.10. The summed E-state index contributed by atoms with van der Waals surface area (Å²) < 4.78 is 27.2. The van der Waals surface area contributed by atoms with Crippen LogP contribution in [-0.2, 0) is 20.2 Å². The molecule has 0 saturated heterocycles. The molecule has 0 aliphatic rings. The van der Waals surface area contributed by atoms with Crippen LogP contribution in [0.3, 0.4) is 0 Å². The Bertz CT molecular complexity index is 917. The van der Waals surface area contributed by atoms with Crippen molar-refractivity contribution in [3.05, 3.63) is 47.5 Å². The molecule has 7 nitrogen and oxygen atoms in total. The summed E-state index contributed by atoms with van der Waals surface area (Å²) in [5.74, 6) is 0.368. The standard InChI is InChI=1S/C19H26N4O3S/c1-13-6-7-16(14(2)10-13)27(25,26)22-9-8-17(24)23-15-11-20-18(21-12-15)19(3,4)5/h6-7,10-12,22H,8-9H2,1-5H3,(H,23,24). The molecule has 1 aromatic heterocycles. The molecular weight excluding hydrogens is 364 g/mol. The highest BCUT2D eigenvalue weighted by molar-refractivity contribution is 7.89. The fourth-order valence-corrected chi connectivity index (χ4v) is 3.74. The van der Waals surface area contributed by atoms with E-state index in [-0.39, 0.29) is 29.2 Å². The Balaban J connectivity index is 1.90. The number of carbonyl (C=O) groups excluding carboxylic acids is 1. The molecule has 1 amide bonds. The summed E-state index contributed by atoms with van der Waals surface area (Å²) in [7, 11) is -3.65. The average Bonchev–Trinajstić information content (AvgIpc) is 2.53. The molecule has 1 aromatic carbocycles. The molecule has 0 aliphatic carbocycles. The van der Waals surface area contributed by atoms with E-state index in [0.29, 0.717) is 17.1 Å². The van der Waals surface area contributed by atoms with Gasteiger partial charge in [0.05, 0.1) is 23.0 Å². The minimum Gasteiger partial charge on any atom is -0.323 e. The van der Waals surface area contributed by atoms with Gasteiger partial charge < -0.3 is 5.32 Å². The molecule has 2 rings (SSSR count). The van der Waals surface area contributed by atoms with E-state index in [1.54, 1.807) is 31.5 Å². The molecule has 0 radical (unpaired) electrons. The Labute approximate surface area is 160 Å². The van der Waals surface area contributed by atoms with E-state index < -0.39 is 10.0 Å². The number of anilines is 1. The fraction of sp³-hybridized carbons (Fsp3) is 0.421. The van der Waals surface area contributed by atoms with Crippen molar-refractivity contribution in [2.75, 3.05) is 11.9 Å². The minimum absolute atomic E-state index is 0.00240. The van der Waals surface area contributed by atoms with E-state index in [1.165, 1.54) is 0 Å². The zero-order valence-electron chi connectivity index (χ0n) is 16.3. The van der Waals surface area contributed by atoms with Gasteiger partial charge in [0.1, 0.15) is 5.82 Å². The first-order valence-electron chi connectivity index (χ1n) is 8.68. The molecule has 2 aromatic rings. The fourth-order valence-electron chi connectivity index (χ4n) is 2.48. The van der Waals surface area contributed by atoms with Gasteiger partial charge in [-0.3, -0.25) is 4.79 Å². The van der Waals surface area contributed by atoms with Crippen LogP contribution in [0.25, 0.3) is 0 Å². The molecule has 27 heavy (non-hydrogen) atoms. The van der Waals surface area contributed by atoms with Crippen LogP contribution in [0.4, 0.5) is 5.69 Å². The van der Waals surface area contributed by atoms with Crippen molar-refractivity contribution in [3.63, 3.8) is 0 Å². The number of aromatic nitrogens is 2. The Morgan fingerprint density at radius 1 is 1.11 bits per heavy atom. The molecule has 0 unspecified atom stereocenters. The molecule has 0 spiro atoms. The monoisotopic (exact) mass is 390 g/mol. The zero-order chi connectivity index (χ0) is 20.2. The lowest BCUT2D eigenvalue weighted by molar-refractivity contribution is -0.116. The van der Waals surface area contributed by atoms with Gasteiger partial charge in [-0.15, -0.1) is 0 Å². The number of aryl methyl sites for hydroxylation is 2. The van der Waals surface area contributed by atoms with E-state index in [4.69, 9.17) is 0 Å². The van der Waals surface area contributed by atoms with Crippen molar-refractivity contribution in [2.24, 2.45) is 0 Å². The molecule has 146 valence electrons. The second kappa shape index (κ2) is 8.14. The highest BCUT2D eigenvalue weighted by Gasteiger charge is 2.18. The number of hydrogen-bond donors (Lipinski definition) is 2. The van der Waals surface area contributed by atoms with Gasteiger partial charge in [0.2, 0.25) is 15.9 Å². The lowest BCUT2D eigenvalue weighted by Gasteiger charge is -2.16. The zero-order valence-corrected chi connectivity index (χ0v) is 17.1.